The van der Waals surface area contributed by atoms with Crippen LogP contribution < -0.4 is 14.2 Å². The Kier molecular flexibility index (Phi) is 4.65. The fourth-order valence-electron chi connectivity index (χ4n) is 3.34. The molecule has 0 unspecified atom stereocenters. The van der Waals surface area contributed by atoms with E-state index in [1.54, 1.807) is 21.3 Å². The van der Waals surface area contributed by atoms with Gasteiger partial charge in [-0.3, -0.25) is 4.40 Å². The van der Waals surface area contributed by atoms with Gasteiger partial charge >= 0.3 is 0 Å². The van der Waals surface area contributed by atoms with Gasteiger partial charge in [-0.2, -0.15) is 0 Å². The Hall–Kier alpha value is -3.47. The summed E-state index contributed by atoms with van der Waals surface area (Å²) in [6, 6.07) is 18.3. The molecule has 0 spiro atoms. The smallest absolute Gasteiger partial charge is 0.203 e. The van der Waals surface area contributed by atoms with E-state index in [2.05, 4.69) is 41.8 Å². The van der Waals surface area contributed by atoms with Crippen molar-refractivity contribution in [1.82, 2.24) is 9.38 Å². The minimum atomic E-state index is 0.576. The molecule has 0 bridgehead atoms. The van der Waals surface area contributed by atoms with Crippen LogP contribution in [0, 0.1) is 6.92 Å². The number of pyridine rings is 1. The van der Waals surface area contributed by atoms with Gasteiger partial charge in [0.25, 0.3) is 0 Å². The molecule has 0 aliphatic heterocycles. The van der Waals surface area contributed by atoms with Crippen LogP contribution >= 0.6 is 0 Å². The zero-order valence-corrected chi connectivity index (χ0v) is 16.4. The summed E-state index contributed by atoms with van der Waals surface area (Å²) in [4.78, 5) is 4.79. The van der Waals surface area contributed by atoms with E-state index in [0.717, 1.165) is 28.2 Å². The lowest BCUT2D eigenvalue weighted by molar-refractivity contribution is 0.324. The molecule has 0 radical (unpaired) electrons. The highest BCUT2D eigenvalue weighted by Gasteiger charge is 2.16. The molecular weight excluding hydrogens is 352 g/mol. The number of rotatable bonds is 5. The molecule has 4 aromatic rings. The number of fused-ring (bicyclic) bond motifs is 1. The van der Waals surface area contributed by atoms with Crippen molar-refractivity contribution < 1.29 is 14.2 Å². The number of aryl methyl sites for hydroxylation is 1. The molecule has 5 heteroatoms. The van der Waals surface area contributed by atoms with Gasteiger partial charge in [-0.15, -0.1) is 0 Å². The molecule has 4 rings (SSSR count). The van der Waals surface area contributed by atoms with E-state index < -0.39 is 0 Å². The summed E-state index contributed by atoms with van der Waals surface area (Å²) in [5.74, 6) is 1.81. The standard InChI is InChI=1S/C23H22N2O3/c1-15-8-10-16(11-9-15)18-14-25-19(6-5-7-22(25)24-18)17-12-20(26-2)23(28-4)21(13-17)27-3/h5-14H,1-4H3. The van der Waals surface area contributed by atoms with E-state index >= 15 is 0 Å². The molecular formula is C23H22N2O3. The van der Waals surface area contributed by atoms with Gasteiger partial charge in [-0.1, -0.05) is 35.9 Å². The molecule has 2 aromatic heterocycles. The van der Waals surface area contributed by atoms with Gasteiger partial charge in [0.2, 0.25) is 5.75 Å². The monoisotopic (exact) mass is 374 g/mol. The lowest BCUT2D eigenvalue weighted by Crippen LogP contribution is -1.97. The lowest BCUT2D eigenvalue weighted by atomic mass is 10.1. The van der Waals surface area contributed by atoms with E-state index in [0.29, 0.717) is 17.2 Å². The fraction of sp³-hybridized carbons (Fsp3) is 0.174. The number of imidazole rings is 1. The van der Waals surface area contributed by atoms with Gasteiger partial charge in [0.05, 0.1) is 32.7 Å². The van der Waals surface area contributed by atoms with Crippen molar-refractivity contribution in [1.29, 1.82) is 0 Å². The average molecular weight is 374 g/mol. The number of hydrogen-bond donors (Lipinski definition) is 0. The van der Waals surface area contributed by atoms with Crippen LogP contribution in [-0.2, 0) is 0 Å². The van der Waals surface area contributed by atoms with E-state index in [1.807, 2.05) is 30.3 Å². The summed E-state index contributed by atoms with van der Waals surface area (Å²) in [6.07, 6.45) is 2.05. The first-order chi connectivity index (χ1) is 13.6. The third kappa shape index (κ3) is 3.05. The molecule has 5 nitrogen and oxygen atoms in total. The quantitative estimate of drug-likeness (QED) is 0.493. The number of nitrogens with zero attached hydrogens (tertiary/aromatic N) is 2. The third-order valence-electron chi connectivity index (χ3n) is 4.80. The second-order valence-corrected chi connectivity index (χ2v) is 6.55. The highest BCUT2D eigenvalue weighted by Crippen LogP contribution is 2.41. The summed E-state index contributed by atoms with van der Waals surface area (Å²) < 4.78 is 18.5. The summed E-state index contributed by atoms with van der Waals surface area (Å²) >= 11 is 0. The molecule has 0 atom stereocenters. The molecule has 0 fully saturated rings. The molecule has 0 saturated carbocycles. The van der Waals surface area contributed by atoms with Crippen molar-refractivity contribution in [3.63, 3.8) is 0 Å². The Morgan fingerprint density at radius 3 is 2.07 bits per heavy atom. The summed E-state index contributed by atoms with van der Waals surface area (Å²) in [6.45, 7) is 2.08. The fourth-order valence-corrected chi connectivity index (χ4v) is 3.34. The summed E-state index contributed by atoms with van der Waals surface area (Å²) in [7, 11) is 4.84. The molecule has 0 saturated heterocycles. The second kappa shape index (κ2) is 7.27. The summed E-state index contributed by atoms with van der Waals surface area (Å²) in [5, 5.41) is 0. The summed E-state index contributed by atoms with van der Waals surface area (Å²) in [5.41, 5.74) is 6.06. The zero-order valence-electron chi connectivity index (χ0n) is 16.4. The van der Waals surface area contributed by atoms with Crippen LogP contribution in [-0.4, -0.2) is 30.7 Å². The van der Waals surface area contributed by atoms with Gasteiger partial charge in [0.15, 0.2) is 11.5 Å². The van der Waals surface area contributed by atoms with Crippen molar-refractivity contribution >= 4 is 5.65 Å². The number of methoxy groups -OCH3 is 3. The number of benzene rings is 2. The van der Waals surface area contributed by atoms with Crippen molar-refractivity contribution in [2.75, 3.05) is 21.3 Å². The zero-order chi connectivity index (χ0) is 19.7. The van der Waals surface area contributed by atoms with Crippen LogP contribution in [0.2, 0.25) is 0 Å². The molecule has 28 heavy (non-hydrogen) atoms. The van der Waals surface area contributed by atoms with Crippen molar-refractivity contribution in [2.24, 2.45) is 0 Å². The van der Waals surface area contributed by atoms with Crippen molar-refractivity contribution in [2.45, 2.75) is 6.92 Å². The Balaban J connectivity index is 1.89. The first-order valence-corrected chi connectivity index (χ1v) is 9.00. The molecule has 0 aliphatic rings. The molecule has 0 N–H and O–H groups in total. The highest BCUT2D eigenvalue weighted by molar-refractivity contribution is 5.72. The van der Waals surface area contributed by atoms with Gasteiger partial charge < -0.3 is 14.2 Å². The number of aromatic nitrogens is 2. The van der Waals surface area contributed by atoms with Gasteiger partial charge in [0, 0.05) is 17.3 Å². The maximum atomic E-state index is 5.51. The van der Waals surface area contributed by atoms with Crippen LogP contribution in [0.1, 0.15) is 5.56 Å². The van der Waals surface area contributed by atoms with E-state index in [-0.39, 0.29) is 0 Å². The molecule has 2 aromatic carbocycles. The molecule has 142 valence electrons. The van der Waals surface area contributed by atoms with Crippen molar-refractivity contribution in [3.8, 4) is 39.8 Å². The topological polar surface area (TPSA) is 45.0 Å². The minimum absolute atomic E-state index is 0.576. The van der Waals surface area contributed by atoms with Crippen LogP contribution in [0.3, 0.4) is 0 Å². The van der Waals surface area contributed by atoms with Crippen molar-refractivity contribution in [3.05, 3.63) is 66.4 Å². The van der Waals surface area contributed by atoms with E-state index in [1.165, 1.54) is 5.56 Å². The largest absolute Gasteiger partial charge is 0.493 e. The minimum Gasteiger partial charge on any atom is -0.493 e. The van der Waals surface area contributed by atoms with Crippen LogP contribution in [0.25, 0.3) is 28.2 Å². The van der Waals surface area contributed by atoms with Gasteiger partial charge in [0.1, 0.15) is 5.65 Å². The van der Waals surface area contributed by atoms with Gasteiger partial charge in [-0.05, 0) is 31.2 Å². The van der Waals surface area contributed by atoms with Crippen LogP contribution in [0.5, 0.6) is 17.2 Å². The first-order valence-electron chi connectivity index (χ1n) is 9.00. The Morgan fingerprint density at radius 1 is 0.786 bits per heavy atom. The predicted molar refractivity (Wildman–Crippen MR) is 110 cm³/mol. The molecule has 0 amide bonds. The molecule has 2 heterocycles. The van der Waals surface area contributed by atoms with E-state index in [4.69, 9.17) is 19.2 Å². The maximum absolute atomic E-state index is 5.51. The predicted octanol–water partition coefficient (Wildman–Crippen LogP) is 5.00. The van der Waals surface area contributed by atoms with Crippen LogP contribution in [0.15, 0.2) is 60.8 Å². The Morgan fingerprint density at radius 2 is 1.46 bits per heavy atom. The first kappa shape index (κ1) is 17.9. The normalized spacial score (nSPS) is 10.9. The number of ether oxygens (including phenoxy) is 3. The van der Waals surface area contributed by atoms with Crippen LogP contribution in [0.4, 0.5) is 0 Å². The molecule has 0 aliphatic carbocycles. The van der Waals surface area contributed by atoms with Gasteiger partial charge in [-0.25, -0.2) is 4.98 Å². The lowest BCUT2D eigenvalue weighted by Gasteiger charge is -2.15. The number of hydrogen-bond acceptors (Lipinski definition) is 4. The van der Waals surface area contributed by atoms with E-state index in [9.17, 15) is 0 Å². The highest BCUT2D eigenvalue weighted by atomic mass is 16.5. The maximum Gasteiger partial charge on any atom is 0.203 e. The Labute approximate surface area is 164 Å². The Bertz CT molecular complexity index is 1110. The second-order valence-electron chi connectivity index (χ2n) is 6.55. The third-order valence-corrected chi connectivity index (χ3v) is 4.80. The average Bonchev–Trinajstić information content (AvgIpc) is 3.17. The SMILES string of the molecule is COc1cc(-c2cccc3nc(-c4ccc(C)cc4)cn23)cc(OC)c1OC.